The molecule has 0 spiro atoms. The molecule has 0 saturated carbocycles. The predicted octanol–water partition coefficient (Wildman–Crippen LogP) is 1.73. The fourth-order valence-electron chi connectivity index (χ4n) is 2.16. The van der Waals surface area contributed by atoms with E-state index in [1.807, 2.05) is 18.2 Å². The van der Waals surface area contributed by atoms with E-state index in [4.69, 9.17) is 9.84 Å². The van der Waals surface area contributed by atoms with Crippen molar-refractivity contribution >= 4 is 24.0 Å². The van der Waals surface area contributed by atoms with E-state index in [1.165, 1.54) is 5.56 Å². The molecular formula is C15H23ClN2O3. The van der Waals surface area contributed by atoms with Crippen molar-refractivity contribution in [2.24, 2.45) is 0 Å². The average Bonchev–Trinajstić information content (AvgIpc) is 2.46. The zero-order chi connectivity index (χ0) is 14.2. The number of ether oxygens (including phenoxy) is 1. The summed E-state index contributed by atoms with van der Waals surface area (Å²) in [5, 5.41) is 14.7. The van der Waals surface area contributed by atoms with E-state index in [1.54, 1.807) is 0 Å². The van der Waals surface area contributed by atoms with E-state index in [0.717, 1.165) is 43.8 Å². The number of benzene rings is 1. The molecule has 0 fully saturated rings. The topological polar surface area (TPSA) is 70.6 Å². The Labute approximate surface area is 131 Å². The van der Waals surface area contributed by atoms with Crippen molar-refractivity contribution in [3.63, 3.8) is 0 Å². The van der Waals surface area contributed by atoms with Crippen molar-refractivity contribution in [3.05, 3.63) is 23.8 Å². The SMILES string of the molecule is Cl.O=C1CCc2ccc(OCCCNCCCO)cc2N1. The number of anilines is 1. The van der Waals surface area contributed by atoms with Gasteiger partial charge in [-0.15, -0.1) is 12.4 Å². The first kappa shape index (κ1) is 17.8. The van der Waals surface area contributed by atoms with Crippen LogP contribution in [0, 0.1) is 0 Å². The summed E-state index contributed by atoms with van der Waals surface area (Å²) >= 11 is 0. The Morgan fingerprint density at radius 3 is 2.86 bits per heavy atom. The molecule has 1 aliphatic heterocycles. The van der Waals surface area contributed by atoms with E-state index in [0.29, 0.717) is 13.0 Å². The number of halogens is 1. The molecule has 5 nitrogen and oxygen atoms in total. The fourth-order valence-corrected chi connectivity index (χ4v) is 2.16. The number of aryl methyl sites for hydroxylation is 1. The van der Waals surface area contributed by atoms with Gasteiger partial charge >= 0.3 is 0 Å². The molecule has 1 aromatic rings. The van der Waals surface area contributed by atoms with Gasteiger partial charge in [-0.25, -0.2) is 0 Å². The molecule has 6 heteroatoms. The van der Waals surface area contributed by atoms with Gasteiger partial charge in [0.2, 0.25) is 5.91 Å². The molecule has 0 saturated heterocycles. The van der Waals surface area contributed by atoms with Gasteiger partial charge in [0.25, 0.3) is 0 Å². The fraction of sp³-hybridized carbons (Fsp3) is 0.533. The Hall–Kier alpha value is -1.30. The van der Waals surface area contributed by atoms with Gasteiger partial charge in [-0.2, -0.15) is 0 Å². The second kappa shape index (κ2) is 9.60. The van der Waals surface area contributed by atoms with Gasteiger partial charge in [-0.3, -0.25) is 4.79 Å². The zero-order valence-electron chi connectivity index (χ0n) is 12.1. The highest BCUT2D eigenvalue weighted by molar-refractivity contribution is 5.94. The van der Waals surface area contributed by atoms with Crippen LogP contribution in [0.1, 0.15) is 24.8 Å². The van der Waals surface area contributed by atoms with Gasteiger partial charge < -0.3 is 20.5 Å². The highest BCUT2D eigenvalue weighted by Crippen LogP contribution is 2.27. The van der Waals surface area contributed by atoms with E-state index in [9.17, 15) is 4.79 Å². The first-order valence-electron chi connectivity index (χ1n) is 7.17. The molecule has 2 rings (SSSR count). The van der Waals surface area contributed by atoms with Gasteiger partial charge in [-0.05, 0) is 44.0 Å². The highest BCUT2D eigenvalue weighted by atomic mass is 35.5. The van der Waals surface area contributed by atoms with Crippen LogP contribution in [0.25, 0.3) is 0 Å². The molecule has 0 radical (unpaired) electrons. The first-order chi connectivity index (χ1) is 9.79. The van der Waals surface area contributed by atoms with E-state index >= 15 is 0 Å². The molecule has 3 N–H and O–H groups in total. The quantitative estimate of drug-likeness (QED) is 0.639. The van der Waals surface area contributed by atoms with Crippen LogP contribution in [0.4, 0.5) is 5.69 Å². The van der Waals surface area contributed by atoms with E-state index < -0.39 is 0 Å². The third kappa shape index (κ3) is 5.91. The molecular weight excluding hydrogens is 292 g/mol. The number of carbonyl (C=O) groups excluding carboxylic acids is 1. The second-order valence-corrected chi connectivity index (χ2v) is 4.90. The second-order valence-electron chi connectivity index (χ2n) is 4.90. The van der Waals surface area contributed by atoms with Crippen molar-refractivity contribution in [1.29, 1.82) is 0 Å². The van der Waals surface area contributed by atoms with Crippen molar-refractivity contribution < 1.29 is 14.6 Å². The lowest BCUT2D eigenvalue weighted by atomic mass is 10.0. The van der Waals surface area contributed by atoms with E-state index in [2.05, 4.69) is 10.6 Å². The van der Waals surface area contributed by atoms with Crippen LogP contribution in [-0.2, 0) is 11.2 Å². The Morgan fingerprint density at radius 2 is 2.05 bits per heavy atom. The summed E-state index contributed by atoms with van der Waals surface area (Å²) in [4.78, 5) is 11.3. The Kier molecular flexibility index (Phi) is 8.12. The summed E-state index contributed by atoms with van der Waals surface area (Å²) in [6.07, 6.45) is 3.06. The summed E-state index contributed by atoms with van der Waals surface area (Å²) in [6, 6.07) is 5.87. The number of aliphatic hydroxyl groups excluding tert-OH is 1. The van der Waals surface area contributed by atoms with Gasteiger partial charge in [-0.1, -0.05) is 6.07 Å². The van der Waals surface area contributed by atoms with Crippen LogP contribution < -0.4 is 15.4 Å². The number of carbonyl (C=O) groups is 1. The van der Waals surface area contributed by atoms with Crippen LogP contribution in [0.2, 0.25) is 0 Å². The minimum Gasteiger partial charge on any atom is -0.493 e. The van der Waals surface area contributed by atoms with Gasteiger partial charge in [0, 0.05) is 24.8 Å². The van der Waals surface area contributed by atoms with Crippen LogP contribution in [0.15, 0.2) is 18.2 Å². The third-order valence-electron chi connectivity index (χ3n) is 3.26. The monoisotopic (exact) mass is 314 g/mol. The summed E-state index contributed by atoms with van der Waals surface area (Å²) < 4.78 is 5.67. The highest BCUT2D eigenvalue weighted by Gasteiger charge is 2.14. The predicted molar refractivity (Wildman–Crippen MR) is 85.3 cm³/mol. The number of nitrogens with one attached hydrogen (secondary N) is 2. The summed E-state index contributed by atoms with van der Waals surface area (Å²) in [5.74, 6) is 0.865. The van der Waals surface area contributed by atoms with Gasteiger partial charge in [0.15, 0.2) is 0 Å². The first-order valence-corrected chi connectivity index (χ1v) is 7.17. The molecule has 0 unspecified atom stereocenters. The number of hydrogen-bond acceptors (Lipinski definition) is 4. The maximum Gasteiger partial charge on any atom is 0.224 e. The minimum atomic E-state index is 0. The summed E-state index contributed by atoms with van der Waals surface area (Å²) in [5.41, 5.74) is 2.04. The molecule has 0 atom stereocenters. The molecule has 1 aliphatic rings. The van der Waals surface area contributed by atoms with Crippen LogP contribution in [0.5, 0.6) is 5.75 Å². The Bertz CT molecular complexity index is 455. The zero-order valence-corrected chi connectivity index (χ0v) is 12.9. The normalized spacial score (nSPS) is 13.1. The third-order valence-corrected chi connectivity index (χ3v) is 3.26. The molecule has 118 valence electrons. The number of rotatable bonds is 8. The average molecular weight is 315 g/mol. The largest absolute Gasteiger partial charge is 0.493 e. The van der Waals surface area contributed by atoms with Crippen LogP contribution in [0.3, 0.4) is 0 Å². The van der Waals surface area contributed by atoms with Crippen LogP contribution in [-0.4, -0.2) is 37.3 Å². The number of fused-ring (bicyclic) bond motifs is 1. The maximum absolute atomic E-state index is 11.3. The molecule has 1 aromatic carbocycles. The lowest BCUT2D eigenvalue weighted by Gasteiger charge is -2.17. The van der Waals surface area contributed by atoms with E-state index in [-0.39, 0.29) is 24.9 Å². The number of hydrogen-bond donors (Lipinski definition) is 3. The molecule has 21 heavy (non-hydrogen) atoms. The lowest BCUT2D eigenvalue weighted by Crippen LogP contribution is -2.20. The summed E-state index contributed by atoms with van der Waals surface area (Å²) in [6.45, 7) is 2.58. The molecule has 0 aliphatic carbocycles. The van der Waals surface area contributed by atoms with Crippen molar-refractivity contribution in [2.75, 3.05) is 31.6 Å². The minimum absolute atomic E-state index is 0. The molecule has 0 aromatic heterocycles. The number of amides is 1. The van der Waals surface area contributed by atoms with Crippen molar-refractivity contribution in [1.82, 2.24) is 5.32 Å². The molecule has 1 heterocycles. The Balaban J connectivity index is 0.00000220. The summed E-state index contributed by atoms with van der Waals surface area (Å²) in [7, 11) is 0. The van der Waals surface area contributed by atoms with Crippen molar-refractivity contribution in [3.8, 4) is 5.75 Å². The smallest absolute Gasteiger partial charge is 0.224 e. The Morgan fingerprint density at radius 1 is 1.24 bits per heavy atom. The maximum atomic E-state index is 11.3. The van der Waals surface area contributed by atoms with Gasteiger partial charge in [0.1, 0.15) is 5.75 Å². The van der Waals surface area contributed by atoms with Crippen LogP contribution >= 0.6 is 12.4 Å². The molecule has 0 bridgehead atoms. The molecule has 1 amide bonds. The standard InChI is InChI=1S/C15H22N2O3.ClH/c18-9-1-7-16-8-2-10-20-13-5-3-12-4-6-15(19)17-14(12)11-13;/h3,5,11,16,18H,1-2,4,6-10H2,(H,17,19);1H. The lowest BCUT2D eigenvalue weighted by molar-refractivity contribution is -0.116. The van der Waals surface area contributed by atoms with Gasteiger partial charge in [0.05, 0.1) is 6.61 Å². The number of aliphatic hydroxyl groups is 1. The van der Waals surface area contributed by atoms with Crippen molar-refractivity contribution in [2.45, 2.75) is 25.7 Å².